The van der Waals surface area contributed by atoms with E-state index in [0.29, 0.717) is 5.76 Å². The Bertz CT molecular complexity index is 388. The molecule has 3 heteroatoms. The third-order valence-electron chi connectivity index (χ3n) is 3.52. The van der Waals surface area contributed by atoms with Gasteiger partial charge in [0.25, 0.3) is 12.1 Å². The summed E-state index contributed by atoms with van der Waals surface area (Å²) in [6.45, 7) is 6.47. The van der Waals surface area contributed by atoms with E-state index >= 15 is 0 Å². The summed E-state index contributed by atoms with van der Waals surface area (Å²) in [7, 11) is 0. The molecule has 2 aliphatic rings. The first-order valence-corrected chi connectivity index (χ1v) is 5.73. The summed E-state index contributed by atoms with van der Waals surface area (Å²) in [5, 5.41) is 8.98. The minimum atomic E-state index is -1.24. The van der Waals surface area contributed by atoms with Crippen LogP contribution in [0.3, 0.4) is 0 Å². The van der Waals surface area contributed by atoms with Crippen molar-refractivity contribution in [2.24, 2.45) is 5.41 Å². The molecule has 0 aromatic heterocycles. The lowest BCUT2D eigenvalue weighted by Crippen LogP contribution is -2.38. The molecule has 16 heavy (non-hydrogen) atoms. The van der Waals surface area contributed by atoms with Crippen LogP contribution < -0.4 is 0 Å². The van der Waals surface area contributed by atoms with E-state index in [9.17, 15) is 4.79 Å². The lowest BCUT2D eigenvalue weighted by atomic mass is 9.72. The fourth-order valence-electron chi connectivity index (χ4n) is 2.49. The first-order chi connectivity index (χ1) is 7.42. The van der Waals surface area contributed by atoms with Crippen LogP contribution in [0.4, 0.5) is 0 Å². The van der Waals surface area contributed by atoms with Gasteiger partial charge in [-0.15, -0.1) is 0 Å². The van der Waals surface area contributed by atoms with Gasteiger partial charge in [0.1, 0.15) is 0 Å². The highest BCUT2D eigenvalue weighted by Crippen LogP contribution is 2.41. The molecule has 0 bridgehead atoms. The second-order valence-corrected chi connectivity index (χ2v) is 5.27. The SMILES string of the molecule is CC1=C(C=C2OC(O)C2=O)C(C)(C)CCC1. The summed E-state index contributed by atoms with van der Waals surface area (Å²) in [5.41, 5.74) is 2.61. The average molecular weight is 222 g/mol. The van der Waals surface area contributed by atoms with Crippen molar-refractivity contribution in [1.82, 2.24) is 0 Å². The summed E-state index contributed by atoms with van der Waals surface area (Å²) < 4.78 is 4.93. The third-order valence-corrected chi connectivity index (χ3v) is 3.52. The van der Waals surface area contributed by atoms with E-state index in [4.69, 9.17) is 9.84 Å². The van der Waals surface area contributed by atoms with Crippen LogP contribution in [-0.4, -0.2) is 17.2 Å². The van der Waals surface area contributed by atoms with Crippen LogP contribution in [0, 0.1) is 5.41 Å². The molecule has 1 aliphatic heterocycles. The second kappa shape index (κ2) is 3.74. The number of carbonyl (C=O) groups is 1. The average Bonchev–Trinajstić information content (AvgIpc) is 2.21. The number of hydrogen-bond acceptors (Lipinski definition) is 3. The van der Waals surface area contributed by atoms with Gasteiger partial charge >= 0.3 is 0 Å². The van der Waals surface area contributed by atoms with Gasteiger partial charge in [-0.25, -0.2) is 0 Å². The number of allylic oxidation sites excluding steroid dienone is 3. The normalized spacial score (nSPS) is 31.4. The summed E-state index contributed by atoms with van der Waals surface area (Å²) in [5.74, 6) is -0.00139. The number of aliphatic hydroxyl groups is 1. The van der Waals surface area contributed by atoms with Crippen LogP contribution in [0.1, 0.15) is 40.0 Å². The van der Waals surface area contributed by atoms with Gasteiger partial charge in [-0.3, -0.25) is 4.79 Å². The second-order valence-electron chi connectivity index (χ2n) is 5.27. The number of hydrogen-bond donors (Lipinski definition) is 1. The van der Waals surface area contributed by atoms with Gasteiger partial charge in [-0.2, -0.15) is 0 Å². The highest BCUT2D eigenvalue weighted by atomic mass is 16.6. The first-order valence-electron chi connectivity index (χ1n) is 5.73. The van der Waals surface area contributed by atoms with E-state index in [1.165, 1.54) is 17.6 Å². The predicted octanol–water partition coefficient (Wildman–Crippen LogP) is 2.31. The monoisotopic (exact) mass is 222 g/mol. The molecule has 0 spiro atoms. The first kappa shape index (κ1) is 11.4. The van der Waals surface area contributed by atoms with Crippen LogP contribution in [-0.2, 0) is 9.53 Å². The molecule has 1 heterocycles. The number of Topliss-reactive ketones (excluding diaryl/α,β-unsaturated/α-hetero) is 1. The van der Waals surface area contributed by atoms with Crippen LogP contribution in [0.2, 0.25) is 0 Å². The zero-order valence-electron chi connectivity index (χ0n) is 10.0. The Morgan fingerprint density at radius 2 is 2.19 bits per heavy atom. The van der Waals surface area contributed by atoms with Gasteiger partial charge in [-0.1, -0.05) is 19.4 Å². The molecule has 1 N–H and O–H groups in total. The molecule has 0 saturated carbocycles. The molecule has 0 aromatic carbocycles. The van der Waals surface area contributed by atoms with E-state index in [2.05, 4.69) is 20.8 Å². The molecule has 1 saturated heterocycles. The van der Waals surface area contributed by atoms with Crippen LogP contribution in [0.5, 0.6) is 0 Å². The molecule has 1 unspecified atom stereocenters. The van der Waals surface area contributed by atoms with E-state index in [0.717, 1.165) is 12.8 Å². The number of carbonyl (C=O) groups excluding carboxylic acids is 1. The quantitative estimate of drug-likeness (QED) is 0.692. The molecule has 0 radical (unpaired) electrons. The van der Waals surface area contributed by atoms with E-state index in [1.807, 2.05) is 6.08 Å². The van der Waals surface area contributed by atoms with Crippen LogP contribution in [0.25, 0.3) is 0 Å². The highest BCUT2D eigenvalue weighted by molar-refractivity contribution is 6.01. The van der Waals surface area contributed by atoms with E-state index < -0.39 is 6.29 Å². The summed E-state index contributed by atoms with van der Waals surface area (Å²) in [4.78, 5) is 11.3. The van der Waals surface area contributed by atoms with Crippen molar-refractivity contribution in [2.45, 2.75) is 46.3 Å². The molecule has 88 valence electrons. The smallest absolute Gasteiger partial charge is 0.265 e. The van der Waals surface area contributed by atoms with Crippen molar-refractivity contribution in [3.63, 3.8) is 0 Å². The van der Waals surface area contributed by atoms with Crippen molar-refractivity contribution in [3.05, 3.63) is 23.0 Å². The minimum Gasteiger partial charge on any atom is -0.453 e. The number of ketones is 1. The summed E-state index contributed by atoms with van der Waals surface area (Å²) in [6, 6.07) is 0. The molecule has 1 fully saturated rings. The fourth-order valence-corrected chi connectivity index (χ4v) is 2.49. The molecular formula is C13H18O3. The van der Waals surface area contributed by atoms with Crippen molar-refractivity contribution in [3.8, 4) is 0 Å². The van der Waals surface area contributed by atoms with E-state index in [-0.39, 0.29) is 11.2 Å². The van der Waals surface area contributed by atoms with Gasteiger partial charge in [0.2, 0.25) is 0 Å². The van der Waals surface area contributed by atoms with Gasteiger partial charge in [0.15, 0.2) is 5.76 Å². The van der Waals surface area contributed by atoms with Gasteiger partial charge in [-0.05, 0) is 43.3 Å². The number of ether oxygens (including phenoxy) is 1. The standard InChI is InChI=1S/C13H18O3/c1-8-5-4-6-13(2,3)9(8)7-10-11(14)12(15)16-10/h7,12,15H,4-6H2,1-3H3. The molecule has 0 aromatic rings. The maximum Gasteiger partial charge on any atom is 0.265 e. The number of rotatable bonds is 1. The molecule has 0 amide bonds. The van der Waals surface area contributed by atoms with Gasteiger partial charge in [0, 0.05) is 0 Å². The lowest BCUT2D eigenvalue weighted by Gasteiger charge is -2.34. The predicted molar refractivity (Wildman–Crippen MR) is 60.5 cm³/mol. The maximum absolute atomic E-state index is 11.3. The Kier molecular flexibility index (Phi) is 2.66. The summed E-state index contributed by atoms with van der Waals surface area (Å²) in [6.07, 6.45) is 3.98. The largest absolute Gasteiger partial charge is 0.453 e. The van der Waals surface area contributed by atoms with Crippen molar-refractivity contribution >= 4 is 5.78 Å². The molecule has 1 atom stereocenters. The Morgan fingerprint density at radius 1 is 1.50 bits per heavy atom. The summed E-state index contributed by atoms with van der Waals surface area (Å²) >= 11 is 0. The van der Waals surface area contributed by atoms with Gasteiger partial charge in [0.05, 0.1) is 0 Å². The third kappa shape index (κ3) is 1.80. The van der Waals surface area contributed by atoms with Crippen molar-refractivity contribution < 1.29 is 14.6 Å². The zero-order valence-corrected chi connectivity index (χ0v) is 10.0. The highest BCUT2D eigenvalue weighted by Gasteiger charge is 2.37. The molecule has 2 rings (SSSR count). The topological polar surface area (TPSA) is 46.5 Å². The Morgan fingerprint density at radius 3 is 2.69 bits per heavy atom. The van der Waals surface area contributed by atoms with Crippen LogP contribution >= 0.6 is 0 Å². The molecule has 3 nitrogen and oxygen atoms in total. The minimum absolute atomic E-state index is 0.0967. The Balaban J connectivity index is 2.29. The van der Waals surface area contributed by atoms with Crippen molar-refractivity contribution in [2.75, 3.05) is 0 Å². The maximum atomic E-state index is 11.3. The molecule has 1 aliphatic carbocycles. The number of aliphatic hydroxyl groups excluding tert-OH is 1. The van der Waals surface area contributed by atoms with E-state index in [1.54, 1.807) is 0 Å². The Hall–Kier alpha value is -1.09. The van der Waals surface area contributed by atoms with Gasteiger partial charge < -0.3 is 9.84 Å². The van der Waals surface area contributed by atoms with Crippen molar-refractivity contribution in [1.29, 1.82) is 0 Å². The lowest BCUT2D eigenvalue weighted by molar-refractivity contribution is -0.172. The molecular weight excluding hydrogens is 204 g/mol. The Labute approximate surface area is 95.8 Å². The van der Waals surface area contributed by atoms with Crippen LogP contribution in [0.15, 0.2) is 23.0 Å². The fraction of sp³-hybridized carbons (Fsp3) is 0.615. The zero-order chi connectivity index (χ0) is 11.9.